The lowest BCUT2D eigenvalue weighted by Crippen LogP contribution is -2.39. The number of hydrogen-bond acceptors (Lipinski definition) is 2. The van der Waals surface area contributed by atoms with E-state index < -0.39 is 5.92 Å². The van der Waals surface area contributed by atoms with Crippen LogP contribution in [-0.2, 0) is 16.0 Å². The van der Waals surface area contributed by atoms with Gasteiger partial charge in [-0.15, -0.1) is 0 Å². The summed E-state index contributed by atoms with van der Waals surface area (Å²) in [6.45, 7) is 6.51. The Morgan fingerprint density at radius 3 is 2.55 bits per heavy atom. The molecule has 1 fully saturated rings. The predicted molar refractivity (Wildman–Crippen MR) is 79.6 cm³/mol. The van der Waals surface area contributed by atoms with Crippen LogP contribution in [0.4, 0.5) is 5.69 Å². The van der Waals surface area contributed by atoms with Crippen LogP contribution in [-0.4, -0.2) is 24.4 Å². The highest BCUT2D eigenvalue weighted by Gasteiger charge is 2.37. The molecule has 4 nitrogen and oxygen atoms in total. The van der Waals surface area contributed by atoms with Crippen molar-refractivity contribution in [3.05, 3.63) is 29.8 Å². The predicted octanol–water partition coefficient (Wildman–Crippen LogP) is 2.13. The number of aryl methyl sites for hydroxylation is 1. The van der Waals surface area contributed by atoms with Gasteiger partial charge >= 0.3 is 0 Å². The molecule has 0 bridgehead atoms. The van der Waals surface area contributed by atoms with Gasteiger partial charge in [0.05, 0.1) is 0 Å². The van der Waals surface area contributed by atoms with Crippen LogP contribution in [0.5, 0.6) is 0 Å². The number of rotatable bonds is 4. The van der Waals surface area contributed by atoms with Gasteiger partial charge in [-0.05, 0) is 44.4 Å². The molecule has 0 unspecified atom stereocenters. The number of anilines is 1. The van der Waals surface area contributed by atoms with E-state index in [1.54, 1.807) is 4.90 Å². The van der Waals surface area contributed by atoms with Gasteiger partial charge in [-0.2, -0.15) is 0 Å². The van der Waals surface area contributed by atoms with Crippen molar-refractivity contribution in [1.82, 2.24) is 5.32 Å². The second-order valence-corrected chi connectivity index (χ2v) is 5.51. The Morgan fingerprint density at radius 2 is 2.00 bits per heavy atom. The highest BCUT2D eigenvalue weighted by Crippen LogP contribution is 2.25. The summed E-state index contributed by atoms with van der Waals surface area (Å²) in [6, 6.07) is 8.04. The van der Waals surface area contributed by atoms with E-state index in [9.17, 15) is 9.59 Å². The molecular weight excluding hydrogens is 252 g/mol. The average molecular weight is 274 g/mol. The molecule has 1 heterocycles. The van der Waals surface area contributed by atoms with Crippen LogP contribution in [0.2, 0.25) is 0 Å². The molecule has 108 valence electrons. The molecular formula is C16H22N2O2. The number of hydrogen-bond donors (Lipinski definition) is 1. The molecule has 1 aromatic carbocycles. The van der Waals surface area contributed by atoms with E-state index >= 15 is 0 Å². The van der Waals surface area contributed by atoms with Gasteiger partial charge in [0, 0.05) is 18.3 Å². The van der Waals surface area contributed by atoms with Crippen LogP contribution in [0, 0.1) is 5.92 Å². The molecule has 0 aromatic heterocycles. The number of nitrogens with zero attached hydrogens (tertiary/aromatic N) is 1. The normalized spacial score (nSPS) is 18.7. The zero-order valence-corrected chi connectivity index (χ0v) is 12.3. The first-order chi connectivity index (χ1) is 9.52. The first-order valence-corrected chi connectivity index (χ1v) is 7.23. The maximum absolute atomic E-state index is 12.3. The van der Waals surface area contributed by atoms with Crippen LogP contribution < -0.4 is 10.2 Å². The third-order valence-electron chi connectivity index (χ3n) is 3.61. The Hall–Kier alpha value is -1.84. The summed E-state index contributed by atoms with van der Waals surface area (Å²) in [7, 11) is 0. The fourth-order valence-corrected chi connectivity index (χ4v) is 2.48. The molecule has 1 N–H and O–H groups in total. The maximum atomic E-state index is 12.3. The second-order valence-electron chi connectivity index (χ2n) is 5.51. The lowest BCUT2D eigenvalue weighted by atomic mass is 10.1. The Labute approximate surface area is 120 Å². The van der Waals surface area contributed by atoms with Gasteiger partial charge in [-0.3, -0.25) is 9.59 Å². The molecule has 20 heavy (non-hydrogen) atoms. The summed E-state index contributed by atoms with van der Waals surface area (Å²) >= 11 is 0. The fourth-order valence-electron chi connectivity index (χ4n) is 2.48. The van der Waals surface area contributed by atoms with E-state index in [0.717, 1.165) is 12.1 Å². The SMILES string of the molecule is CCc1ccc(N2CC[C@@H](C(=O)NC(C)C)C2=O)cc1. The Kier molecular flexibility index (Phi) is 4.42. The van der Waals surface area contributed by atoms with Gasteiger partial charge < -0.3 is 10.2 Å². The fraction of sp³-hybridized carbons (Fsp3) is 0.500. The van der Waals surface area contributed by atoms with Crippen molar-refractivity contribution in [2.75, 3.05) is 11.4 Å². The lowest BCUT2D eigenvalue weighted by molar-refractivity contribution is -0.132. The van der Waals surface area contributed by atoms with Crippen molar-refractivity contribution in [3.8, 4) is 0 Å². The third-order valence-corrected chi connectivity index (χ3v) is 3.61. The largest absolute Gasteiger partial charge is 0.353 e. The summed E-state index contributed by atoms with van der Waals surface area (Å²) in [5.74, 6) is -0.784. The van der Waals surface area contributed by atoms with Crippen LogP contribution in [0.1, 0.15) is 32.8 Å². The summed E-state index contributed by atoms with van der Waals surface area (Å²) in [4.78, 5) is 26.0. The van der Waals surface area contributed by atoms with Crippen LogP contribution >= 0.6 is 0 Å². The minimum Gasteiger partial charge on any atom is -0.353 e. The monoisotopic (exact) mass is 274 g/mol. The third kappa shape index (κ3) is 3.00. The van der Waals surface area contributed by atoms with Gasteiger partial charge in [0.1, 0.15) is 5.92 Å². The van der Waals surface area contributed by atoms with Crippen LogP contribution in [0.15, 0.2) is 24.3 Å². The van der Waals surface area contributed by atoms with Crippen molar-refractivity contribution in [1.29, 1.82) is 0 Å². The molecule has 0 aliphatic carbocycles. The molecule has 1 aliphatic heterocycles. The van der Waals surface area contributed by atoms with Crippen LogP contribution in [0.3, 0.4) is 0 Å². The van der Waals surface area contributed by atoms with Gasteiger partial charge in [0.15, 0.2) is 0 Å². The van der Waals surface area contributed by atoms with E-state index in [1.807, 2.05) is 38.1 Å². The highest BCUT2D eigenvalue weighted by atomic mass is 16.2. The smallest absolute Gasteiger partial charge is 0.239 e. The standard InChI is InChI=1S/C16H22N2O2/c1-4-12-5-7-13(8-6-12)18-10-9-14(16(18)20)15(19)17-11(2)3/h5-8,11,14H,4,9-10H2,1-3H3,(H,17,19)/t14-/m0/s1. The number of benzene rings is 1. The average Bonchev–Trinajstić information content (AvgIpc) is 2.80. The molecule has 1 aliphatic rings. The lowest BCUT2D eigenvalue weighted by Gasteiger charge is -2.17. The molecule has 0 radical (unpaired) electrons. The minimum absolute atomic E-state index is 0.0631. The summed E-state index contributed by atoms with van der Waals surface area (Å²) in [5, 5.41) is 2.82. The van der Waals surface area contributed by atoms with Crippen LogP contribution in [0.25, 0.3) is 0 Å². The van der Waals surface area contributed by atoms with Gasteiger partial charge in [0.25, 0.3) is 0 Å². The van der Waals surface area contributed by atoms with Gasteiger partial charge in [-0.1, -0.05) is 19.1 Å². The zero-order valence-electron chi connectivity index (χ0n) is 12.3. The molecule has 0 saturated carbocycles. The molecule has 2 amide bonds. The topological polar surface area (TPSA) is 49.4 Å². The van der Waals surface area contributed by atoms with Crippen molar-refractivity contribution in [3.63, 3.8) is 0 Å². The highest BCUT2D eigenvalue weighted by molar-refractivity contribution is 6.09. The second kappa shape index (κ2) is 6.07. The van der Waals surface area contributed by atoms with Crippen molar-refractivity contribution in [2.24, 2.45) is 5.92 Å². The van der Waals surface area contributed by atoms with E-state index in [2.05, 4.69) is 12.2 Å². The number of amides is 2. The molecule has 2 rings (SSSR count). The molecule has 1 aromatic rings. The number of nitrogens with one attached hydrogen (secondary N) is 1. The number of carbonyl (C=O) groups excluding carboxylic acids is 2. The number of carbonyl (C=O) groups is 2. The van der Waals surface area contributed by atoms with Crippen molar-refractivity contribution in [2.45, 2.75) is 39.7 Å². The van der Waals surface area contributed by atoms with Gasteiger partial charge in [-0.25, -0.2) is 0 Å². The first-order valence-electron chi connectivity index (χ1n) is 7.23. The Balaban J connectivity index is 2.08. The minimum atomic E-state index is -0.539. The Morgan fingerprint density at radius 1 is 1.35 bits per heavy atom. The van der Waals surface area contributed by atoms with Crippen molar-refractivity contribution < 1.29 is 9.59 Å². The maximum Gasteiger partial charge on any atom is 0.239 e. The molecule has 0 spiro atoms. The quantitative estimate of drug-likeness (QED) is 0.855. The van der Waals surface area contributed by atoms with E-state index in [0.29, 0.717) is 13.0 Å². The molecule has 1 atom stereocenters. The van der Waals surface area contributed by atoms with Gasteiger partial charge in [0.2, 0.25) is 11.8 Å². The zero-order chi connectivity index (χ0) is 14.7. The van der Waals surface area contributed by atoms with E-state index in [1.165, 1.54) is 5.56 Å². The Bertz CT molecular complexity index is 494. The van der Waals surface area contributed by atoms with E-state index in [-0.39, 0.29) is 17.9 Å². The summed E-state index contributed by atoms with van der Waals surface area (Å²) in [5.41, 5.74) is 2.13. The van der Waals surface area contributed by atoms with Crippen molar-refractivity contribution >= 4 is 17.5 Å². The molecule has 1 saturated heterocycles. The first kappa shape index (κ1) is 14.6. The molecule has 4 heteroatoms. The summed E-state index contributed by atoms with van der Waals surface area (Å²) in [6.07, 6.45) is 1.57. The van der Waals surface area contributed by atoms with E-state index in [4.69, 9.17) is 0 Å². The summed E-state index contributed by atoms with van der Waals surface area (Å²) < 4.78 is 0.